The molecule has 0 saturated carbocycles. The van der Waals surface area contributed by atoms with Crippen molar-refractivity contribution in [1.29, 1.82) is 0 Å². The van der Waals surface area contributed by atoms with Gasteiger partial charge in [0.2, 0.25) is 0 Å². The molecule has 0 unspecified atom stereocenters. The van der Waals surface area contributed by atoms with Crippen molar-refractivity contribution in [2.45, 2.75) is 0 Å². The highest BCUT2D eigenvalue weighted by Crippen LogP contribution is 2.34. The van der Waals surface area contributed by atoms with E-state index in [2.05, 4.69) is 64.6 Å². The first-order valence-corrected chi connectivity index (χ1v) is 12.4. The third-order valence-corrected chi connectivity index (χ3v) is 6.64. The summed E-state index contributed by atoms with van der Waals surface area (Å²) in [4.78, 5) is 23.7. The van der Waals surface area contributed by atoms with E-state index in [-0.39, 0.29) is 0 Å². The monoisotopic (exact) mass is 487 g/mol. The number of hydrogen-bond donors (Lipinski definition) is 0. The van der Waals surface area contributed by atoms with Gasteiger partial charge in [-0.05, 0) is 60.0 Å². The minimum Gasteiger partial charge on any atom is -0.264 e. The van der Waals surface area contributed by atoms with E-state index in [1.54, 1.807) is 12.4 Å². The Kier molecular flexibility index (Phi) is 5.37. The highest BCUT2D eigenvalue weighted by Gasteiger charge is 2.14. The molecule has 178 valence electrons. The zero-order chi connectivity index (χ0) is 25.3. The minimum atomic E-state index is 0.826. The molecule has 0 aliphatic heterocycles. The van der Waals surface area contributed by atoms with Crippen LogP contribution >= 0.6 is 0 Å². The van der Waals surface area contributed by atoms with Crippen LogP contribution in [0.15, 0.2) is 128 Å². The highest BCUT2D eigenvalue weighted by molar-refractivity contribution is 6.10. The predicted octanol–water partition coefficient (Wildman–Crippen LogP) is 7.64. The summed E-state index contributed by atoms with van der Waals surface area (Å²) in [5.41, 5.74) is 8.00. The quantitative estimate of drug-likeness (QED) is 0.239. The SMILES string of the molecule is c1cncc(-c2cc(-c3cccc(-c4nc5ccccc5c5ccccc45)n3)cc(-c3cccnc3)n2)c1. The maximum Gasteiger partial charge on any atom is 0.0972 e. The van der Waals surface area contributed by atoms with E-state index in [4.69, 9.17) is 15.0 Å². The second-order valence-corrected chi connectivity index (χ2v) is 9.04. The number of hydrogen-bond acceptors (Lipinski definition) is 5. The zero-order valence-corrected chi connectivity index (χ0v) is 20.4. The number of nitrogens with zero attached hydrogens (tertiary/aromatic N) is 5. The van der Waals surface area contributed by atoms with Crippen molar-refractivity contribution in [2.24, 2.45) is 0 Å². The molecule has 5 heterocycles. The second kappa shape index (κ2) is 9.30. The molecular weight excluding hydrogens is 466 g/mol. The first kappa shape index (κ1) is 21.9. The van der Waals surface area contributed by atoms with Crippen LogP contribution in [-0.2, 0) is 0 Å². The standard InChI is InChI=1S/C33H21N5/c1-2-12-27-25(10-1)26-11-3-4-13-29(26)38-33(27)30-15-5-14-28(36-30)24-18-31(22-8-6-16-34-20-22)37-32(19-24)23-9-7-17-35-21-23/h1-21H. The molecule has 7 rings (SSSR count). The van der Waals surface area contributed by atoms with E-state index < -0.39 is 0 Å². The predicted molar refractivity (Wildman–Crippen MR) is 152 cm³/mol. The van der Waals surface area contributed by atoms with Crippen molar-refractivity contribution in [1.82, 2.24) is 24.9 Å². The van der Waals surface area contributed by atoms with E-state index in [1.165, 1.54) is 5.39 Å². The van der Waals surface area contributed by atoms with E-state index in [0.717, 1.165) is 61.4 Å². The third kappa shape index (κ3) is 3.96. The van der Waals surface area contributed by atoms with E-state index >= 15 is 0 Å². The minimum absolute atomic E-state index is 0.826. The normalized spacial score (nSPS) is 11.2. The van der Waals surface area contributed by atoms with E-state index in [9.17, 15) is 0 Å². The Morgan fingerprint density at radius 1 is 0.395 bits per heavy atom. The lowest BCUT2D eigenvalue weighted by Crippen LogP contribution is -1.95. The first-order chi connectivity index (χ1) is 18.8. The van der Waals surface area contributed by atoms with Crippen LogP contribution in [0.5, 0.6) is 0 Å². The molecule has 0 saturated heterocycles. The molecule has 0 spiro atoms. The third-order valence-electron chi connectivity index (χ3n) is 6.64. The summed E-state index contributed by atoms with van der Waals surface area (Å²) in [6.45, 7) is 0. The molecule has 2 aromatic carbocycles. The average molecular weight is 488 g/mol. The summed E-state index contributed by atoms with van der Waals surface area (Å²) in [5.74, 6) is 0. The molecule has 0 aliphatic carbocycles. The van der Waals surface area contributed by atoms with Gasteiger partial charge in [-0.25, -0.2) is 15.0 Å². The Bertz CT molecular complexity index is 1860. The molecule has 0 atom stereocenters. The van der Waals surface area contributed by atoms with Gasteiger partial charge in [-0.1, -0.05) is 48.5 Å². The molecule has 0 radical (unpaired) electrons. The number of fused-ring (bicyclic) bond motifs is 3. The molecule has 0 N–H and O–H groups in total. The summed E-state index contributed by atoms with van der Waals surface area (Å²) < 4.78 is 0. The molecule has 5 nitrogen and oxygen atoms in total. The second-order valence-electron chi connectivity index (χ2n) is 9.04. The van der Waals surface area contributed by atoms with Crippen LogP contribution in [0.1, 0.15) is 0 Å². The Hall–Kier alpha value is -5.29. The molecule has 0 amide bonds. The molecule has 5 aromatic heterocycles. The fraction of sp³-hybridized carbons (Fsp3) is 0. The topological polar surface area (TPSA) is 64.5 Å². The zero-order valence-electron chi connectivity index (χ0n) is 20.4. The summed E-state index contributed by atoms with van der Waals surface area (Å²) in [6, 6.07) is 34.7. The van der Waals surface area contributed by atoms with Gasteiger partial charge in [-0.2, -0.15) is 0 Å². The first-order valence-electron chi connectivity index (χ1n) is 12.4. The molecular formula is C33H21N5. The summed E-state index contributed by atoms with van der Waals surface area (Å²) in [6.07, 6.45) is 7.19. The van der Waals surface area contributed by atoms with Crippen LogP contribution in [0.2, 0.25) is 0 Å². The lowest BCUT2D eigenvalue weighted by atomic mass is 10.0. The molecule has 0 bridgehead atoms. The Morgan fingerprint density at radius 2 is 1.00 bits per heavy atom. The lowest BCUT2D eigenvalue weighted by Gasteiger charge is -2.12. The van der Waals surface area contributed by atoms with Crippen LogP contribution < -0.4 is 0 Å². The van der Waals surface area contributed by atoms with Gasteiger partial charge in [0, 0.05) is 52.3 Å². The van der Waals surface area contributed by atoms with E-state index in [1.807, 2.05) is 60.9 Å². The summed E-state index contributed by atoms with van der Waals surface area (Å²) in [5, 5.41) is 3.39. The smallest absolute Gasteiger partial charge is 0.0972 e. The van der Waals surface area contributed by atoms with Crippen LogP contribution in [0.3, 0.4) is 0 Å². The maximum absolute atomic E-state index is 5.12. The van der Waals surface area contributed by atoms with Gasteiger partial charge >= 0.3 is 0 Å². The van der Waals surface area contributed by atoms with Crippen molar-refractivity contribution >= 4 is 21.7 Å². The molecule has 0 aliphatic rings. The van der Waals surface area contributed by atoms with Crippen molar-refractivity contribution in [3.63, 3.8) is 0 Å². The largest absolute Gasteiger partial charge is 0.264 e. The van der Waals surface area contributed by atoms with Crippen LogP contribution in [0.25, 0.3) is 66.8 Å². The number of rotatable bonds is 4. The molecule has 5 heteroatoms. The highest BCUT2D eigenvalue weighted by atomic mass is 14.8. The van der Waals surface area contributed by atoms with Crippen LogP contribution in [0.4, 0.5) is 0 Å². The Balaban J connectivity index is 1.42. The van der Waals surface area contributed by atoms with Gasteiger partial charge in [-0.3, -0.25) is 9.97 Å². The van der Waals surface area contributed by atoms with Crippen LogP contribution in [-0.4, -0.2) is 24.9 Å². The average Bonchev–Trinajstić information content (AvgIpc) is 3.01. The fourth-order valence-corrected chi connectivity index (χ4v) is 4.83. The summed E-state index contributed by atoms with van der Waals surface area (Å²) >= 11 is 0. The van der Waals surface area contributed by atoms with Crippen molar-refractivity contribution < 1.29 is 0 Å². The van der Waals surface area contributed by atoms with Crippen LogP contribution in [0, 0.1) is 0 Å². The van der Waals surface area contributed by atoms with Crippen molar-refractivity contribution in [3.05, 3.63) is 128 Å². The van der Waals surface area contributed by atoms with Gasteiger partial charge in [0.05, 0.1) is 34.0 Å². The maximum atomic E-state index is 5.12. The Morgan fingerprint density at radius 3 is 1.68 bits per heavy atom. The van der Waals surface area contributed by atoms with Gasteiger partial charge < -0.3 is 0 Å². The molecule has 38 heavy (non-hydrogen) atoms. The van der Waals surface area contributed by atoms with Gasteiger partial charge in [0.15, 0.2) is 0 Å². The lowest BCUT2D eigenvalue weighted by molar-refractivity contribution is 1.25. The van der Waals surface area contributed by atoms with Crippen molar-refractivity contribution in [2.75, 3.05) is 0 Å². The molecule has 7 aromatic rings. The van der Waals surface area contributed by atoms with Gasteiger partial charge in [-0.15, -0.1) is 0 Å². The summed E-state index contributed by atoms with van der Waals surface area (Å²) in [7, 11) is 0. The number of pyridine rings is 5. The Labute approximate surface area is 219 Å². The van der Waals surface area contributed by atoms with Crippen molar-refractivity contribution in [3.8, 4) is 45.2 Å². The van der Waals surface area contributed by atoms with E-state index in [0.29, 0.717) is 0 Å². The number of benzene rings is 2. The van der Waals surface area contributed by atoms with Gasteiger partial charge in [0.1, 0.15) is 0 Å². The van der Waals surface area contributed by atoms with Gasteiger partial charge in [0.25, 0.3) is 0 Å². The fourth-order valence-electron chi connectivity index (χ4n) is 4.83. The number of aromatic nitrogens is 5. The molecule has 0 fully saturated rings. The number of para-hydroxylation sites is 1.